The maximum atomic E-state index is 11.7. The molecule has 1 aromatic heterocycles. The number of nitrogens with two attached hydrogens (primary N) is 1. The average Bonchev–Trinajstić information content (AvgIpc) is 2.81. The third-order valence-corrected chi connectivity index (χ3v) is 4.00. The Kier molecular flexibility index (Phi) is 3.06. The Morgan fingerprint density at radius 3 is 3.00 bits per heavy atom. The van der Waals surface area contributed by atoms with Gasteiger partial charge in [-0.3, -0.25) is 4.79 Å². The lowest BCUT2D eigenvalue weighted by atomic mass is 9.91. The highest BCUT2D eigenvalue weighted by Gasteiger charge is 2.41. The fraction of sp³-hybridized carbons (Fsp3) is 0.500. The number of thiocarbonyl (C=S) groups is 1. The number of nitrogens with zero attached hydrogens (tertiary/aromatic N) is 3. The van der Waals surface area contributed by atoms with Crippen molar-refractivity contribution in [2.45, 2.75) is 18.9 Å². The SMILES string of the molecule is NC(=S)c1cnc(N2CCCC3C(=O)NCC32)cn1. The lowest BCUT2D eigenvalue weighted by Crippen LogP contribution is -2.46. The molecule has 0 aliphatic carbocycles. The molecule has 2 unspecified atom stereocenters. The van der Waals surface area contributed by atoms with Crippen molar-refractivity contribution < 1.29 is 4.79 Å². The van der Waals surface area contributed by atoms with Crippen molar-refractivity contribution in [3.8, 4) is 0 Å². The van der Waals surface area contributed by atoms with E-state index in [0.29, 0.717) is 12.2 Å². The zero-order valence-corrected chi connectivity index (χ0v) is 11.2. The molecule has 7 heteroatoms. The smallest absolute Gasteiger partial charge is 0.225 e. The second-order valence-corrected chi connectivity index (χ2v) is 5.32. The molecule has 2 atom stereocenters. The van der Waals surface area contributed by atoms with E-state index in [1.165, 1.54) is 0 Å². The van der Waals surface area contributed by atoms with Gasteiger partial charge in [0, 0.05) is 13.1 Å². The van der Waals surface area contributed by atoms with Crippen molar-refractivity contribution in [2.24, 2.45) is 11.7 Å². The standard InChI is InChI=1S/C12H15N5OS/c13-11(19)8-4-15-10(6-14-8)17-3-1-2-7-9(17)5-16-12(7)18/h4,6-7,9H,1-3,5H2,(H2,13,19)(H,16,18). The first-order valence-corrected chi connectivity index (χ1v) is 6.74. The second-order valence-electron chi connectivity index (χ2n) is 4.88. The number of fused-ring (bicyclic) bond motifs is 1. The first-order valence-electron chi connectivity index (χ1n) is 6.33. The summed E-state index contributed by atoms with van der Waals surface area (Å²) in [6.45, 7) is 1.58. The molecule has 0 aromatic carbocycles. The second kappa shape index (κ2) is 4.73. The van der Waals surface area contributed by atoms with Crippen molar-refractivity contribution >= 4 is 28.9 Å². The largest absolute Gasteiger partial charge is 0.388 e. The van der Waals surface area contributed by atoms with Gasteiger partial charge in [0.2, 0.25) is 5.91 Å². The lowest BCUT2D eigenvalue weighted by molar-refractivity contribution is -0.122. The Balaban J connectivity index is 1.85. The van der Waals surface area contributed by atoms with Crippen LogP contribution in [0, 0.1) is 5.92 Å². The van der Waals surface area contributed by atoms with Gasteiger partial charge in [0.1, 0.15) is 16.5 Å². The minimum Gasteiger partial charge on any atom is -0.388 e. The summed E-state index contributed by atoms with van der Waals surface area (Å²) >= 11 is 4.86. The van der Waals surface area contributed by atoms with Crippen LogP contribution in [0.3, 0.4) is 0 Å². The molecule has 0 saturated carbocycles. The summed E-state index contributed by atoms with van der Waals surface area (Å²) in [5.74, 6) is 1.01. The van der Waals surface area contributed by atoms with E-state index >= 15 is 0 Å². The van der Waals surface area contributed by atoms with Crippen LogP contribution in [0.1, 0.15) is 18.5 Å². The third kappa shape index (κ3) is 2.14. The number of hydrogen-bond donors (Lipinski definition) is 2. The Morgan fingerprint density at radius 2 is 2.32 bits per heavy atom. The number of aromatic nitrogens is 2. The number of amides is 1. The van der Waals surface area contributed by atoms with Crippen LogP contribution < -0.4 is 16.0 Å². The van der Waals surface area contributed by atoms with Gasteiger partial charge in [0.15, 0.2) is 0 Å². The summed E-state index contributed by atoms with van der Waals surface area (Å²) in [6.07, 6.45) is 5.21. The summed E-state index contributed by atoms with van der Waals surface area (Å²) in [4.78, 5) is 22.7. The predicted molar refractivity (Wildman–Crippen MR) is 74.8 cm³/mol. The van der Waals surface area contributed by atoms with E-state index in [-0.39, 0.29) is 22.9 Å². The van der Waals surface area contributed by atoms with E-state index in [1.807, 2.05) is 0 Å². The summed E-state index contributed by atoms with van der Waals surface area (Å²) < 4.78 is 0. The molecule has 100 valence electrons. The minimum absolute atomic E-state index is 0.0748. The van der Waals surface area contributed by atoms with E-state index < -0.39 is 0 Å². The van der Waals surface area contributed by atoms with E-state index in [4.69, 9.17) is 18.0 Å². The van der Waals surface area contributed by atoms with Crippen LogP contribution in [0.4, 0.5) is 5.82 Å². The molecule has 6 nitrogen and oxygen atoms in total. The molecule has 2 saturated heterocycles. The van der Waals surface area contributed by atoms with Crippen LogP contribution in [-0.4, -0.2) is 40.0 Å². The Morgan fingerprint density at radius 1 is 1.47 bits per heavy atom. The Hall–Kier alpha value is -1.76. The van der Waals surface area contributed by atoms with Gasteiger partial charge >= 0.3 is 0 Å². The fourth-order valence-electron chi connectivity index (χ4n) is 2.83. The topological polar surface area (TPSA) is 84.1 Å². The highest BCUT2D eigenvalue weighted by molar-refractivity contribution is 7.80. The minimum atomic E-state index is 0.0748. The van der Waals surface area contributed by atoms with E-state index in [0.717, 1.165) is 25.2 Å². The van der Waals surface area contributed by atoms with Gasteiger partial charge in [-0.2, -0.15) is 0 Å². The van der Waals surface area contributed by atoms with Crippen LogP contribution in [0.25, 0.3) is 0 Å². The van der Waals surface area contributed by atoms with Crippen LogP contribution in [0.15, 0.2) is 12.4 Å². The maximum absolute atomic E-state index is 11.7. The van der Waals surface area contributed by atoms with Gasteiger partial charge in [0.25, 0.3) is 0 Å². The van der Waals surface area contributed by atoms with Gasteiger partial charge in [-0.15, -0.1) is 0 Å². The molecule has 0 spiro atoms. The fourth-order valence-corrected chi connectivity index (χ4v) is 2.94. The van der Waals surface area contributed by atoms with E-state index in [1.54, 1.807) is 12.4 Å². The molecule has 2 fully saturated rings. The predicted octanol–water partition coefficient (Wildman–Crippen LogP) is -0.174. The maximum Gasteiger partial charge on any atom is 0.225 e. The molecule has 3 N–H and O–H groups in total. The molecule has 19 heavy (non-hydrogen) atoms. The molecule has 0 bridgehead atoms. The van der Waals surface area contributed by atoms with Gasteiger partial charge in [0.05, 0.1) is 24.4 Å². The average molecular weight is 277 g/mol. The van der Waals surface area contributed by atoms with E-state index in [2.05, 4.69) is 20.2 Å². The Labute approximate surface area is 116 Å². The number of rotatable bonds is 2. The summed E-state index contributed by atoms with van der Waals surface area (Å²) in [5, 5.41) is 2.92. The number of piperidine rings is 1. The zero-order valence-electron chi connectivity index (χ0n) is 10.4. The number of hydrogen-bond acceptors (Lipinski definition) is 5. The van der Waals surface area contributed by atoms with Crippen molar-refractivity contribution in [2.75, 3.05) is 18.0 Å². The molecule has 1 amide bonds. The Bertz CT molecular complexity index is 517. The van der Waals surface area contributed by atoms with Crippen molar-refractivity contribution in [1.82, 2.24) is 15.3 Å². The van der Waals surface area contributed by atoms with Gasteiger partial charge in [-0.1, -0.05) is 12.2 Å². The summed E-state index contributed by atoms with van der Waals surface area (Å²) in [7, 11) is 0. The zero-order chi connectivity index (χ0) is 13.4. The van der Waals surface area contributed by atoms with Gasteiger partial charge in [-0.05, 0) is 12.8 Å². The van der Waals surface area contributed by atoms with Crippen LogP contribution >= 0.6 is 12.2 Å². The number of anilines is 1. The van der Waals surface area contributed by atoms with Crippen molar-refractivity contribution in [3.05, 3.63) is 18.1 Å². The molecule has 1 aromatic rings. The highest BCUT2D eigenvalue weighted by Crippen LogP contribution is 2.30. The number of carbonyl (C=O) groups excluding carboxylic acids is 1. The van der Waals surface area contributed by atoms with E-state index in [9.17, 15) is 4.79 Å². The quantitative estimate of drug-likeness (QED) is 0.730. The molecule has 2 aliphatic rings. The lowest BCUT2D eigenvalue weighted by Gasteiger charge is -2.36. The molecular weight excluding hydrogens is 262 g/mol. The van der Waals surface area contributed by atoms with Crippen LogP contribution in [0.2, 0.25) is 0 Å². The van der Waals surface area contributed by atoms with Crippen LogP contribution in [-0.2, 0) is 4.79 Å². The van der Waals surface area contributed by atoms with Gasteiger partial charge < -0.3 is 16.0 Å². The first-order chi connectivity index (χ1) is 9.16. The van der Waals surface area contributed by atoms with Crippen molar-refractivity contribution in [3.63, 3.8) is 0 Å². The summed E-state index contributed by atoms with van der Waals surface area (Å²) in [5.41, 5.74) is 6.03. The highest BCUT2D eigenvalue weighted by atomic mass is 32.1. The molecule has 3 rings (SSSR count). The van der Waals surface area contributed by atoms with Crippen molar-refractivity contribution in [1.29, 1.82) is 0 Å². The van der Waals surface area contributed by atoms with Gasteiger partial charge in [-0.25, -0.2) is 9.97 Å². The normalized spacial score (nSPS) is 25.9. The molecular formula is C12H15N5OS. The monoisotopic (exact) mass is 277 g/mol. The number of nitrogens with one attached hydrogen (secondary N) is 1. The summed E-state index contributed by atoms with van der Waals surface area (Å²) in [6, 6.07) is 0.186. The first kappa shape index (κ1) is 12.3. The molecule has 0 radical (unpaired) electrons. The molecule has 2 aliphatic heterocycles. The molecule has 3 heterocycles. The van der Waals surface area contributed by atoms with Crippen LogP contribution in [0.5, 0.6) is 0 Å². The third-order valence-electron chi connectivity index (χ3n) is 3.79. The number of carbonyl (C=O) groups is 1.